The summed E-state index contributed by atoms with van der Waals surface area (Å²) in [5.74, 6) is -0.478. The van der Waals surface area contributed by atoms with Crippen LogP contribution in [-0.4, -0.2) is 24.9 Å². The number of carbonyl (C=O) groups excluding carboxylic acids is 1. The maximum absolute atomic E-state index is 12.8. The van der Waals surface area contributed by atoms with E-state index in [1.54, 1.807) is 38.4 Å². The molecule has 1 atom stereocenters. The zero-order valence-electron chi connectivity index (χ0n) is 13.9. The van der Waals surface area contributed by atoms with Gasteiger partial charge in [-0.1, -0.05) is 42.5 Å². The van der Waals surface area contributed by atoms with Crippen molar-refractivity contribution < 1.29 is 13.6 Å². The molecule has 0 aliphatic heterocycles. The highest BCUT2D eigenvalue weighted by Crippen LogP contribution is 2.26. The van der Waals surface area contributed by atoms with Crippen LogP contribution in [0.15, 0.2) is 66.8 Å². The SMILES string of the molecule is CN(C)C(=O)c1ccc(C(C=C(F)F)CCc2ccccc2)cc1. The third kappa shape index (κ3) is 5.01. The van der Waals surface area contributed by atoms with Gasteiger partial charge in [-0.2, -0.15) is 8.78 Å². The molecule has 0 saturated carbocycles. The third-order valence-corrected chi connectivity index (χ3v) is 3.91. The number of hydrogen-bond acceptors (Lipinski definition) is 1. The molecule has 0 radical (unpaired) electrons. The van der Waals surface area contributed by atoms with E-state index in [0.29, 0.717) is 18.4 Å². The molecule has 0 aromatic heterocycles. The van der Waals surface area contributed by atoms with Crippen molar-refractivity contribution in [2.24, 2.45) is 0 Å². The first-order valence-electron chi connectivity index (χ1n) is 7.85. The van der Waals surface area contributed by atoms with Crippen LogP contribution >= 0.6 is 0 Å². The predicted octanol–water partition coefficient (Wildman–Crippen LogP) is 4.89. The predicted molar refractivity (Wildman–Crippen MR) is 92.3 cm³/mol. The van der Waals surface area contributed by atoms with E-state index < -0.39 is 6.08 Å². The molecule has 0 spiro atoms. The normalized spacial score (nSPS) is 11.7. The lowest BCUT2D eigenvalue weighted by molar-refractivity contribution is 0.0827. The van der Waals surface area contributed by atoms with Gasteiger partial charge in [-0.25, -0.2) is 0 Å². The minimum absolute atomic E-state index is 0.102. The van der Waals surface area contributed by atoms with Crippen molar-refractivity contribution in [1.82, 2.24) is 4.90 Å². The van der Waals surface area contributed by atoms with Crippen molar-refractivity contribution in [1.29, 1.82) is 0 Å². The van der Waals surface area contributed by atoms with Gasteiger partial charge in [-0.3, -0.25) is 4.79 Å². The van der Waals surface area contributed by atoms with E-state index in [4.69, 9.17) is 0 Å². The van der Waals surface area contributed by atoms with E-state index in [-0.39, 0.29) is 11.8 Å². The number of nitrogens with zero attached hydrogens (tertiary/aromatic N) is 1. The molecule has 1 amide bonds. The van der Waals surface area contributed by atoms with Gasteiger partial charge in [0.05, 0.1) is 0 Å². The van der Waals surface area contributed by atoms with Crippen molar-refractivity contribution in [2.75, 3.05) is 14.1 Å². The highest BCUT2D eigenvalue weighted by Gasteiger charge is 2.13. The quantitative estimate of drug-likeness (QED) is 0.739. The Labute approximate surface area is 141 Å². The lowest BCUT2D eigenvalue weighted by Crippen LogP contribution is -2.21. The summed E-state index contributed by atoms with van der Waals surface area (Å²) in [6, 6.07) is 16.7. The van der Waals surface area contributed by atoms with E-state index in [1.165, 1.54) is 4.90 Å². The number of rotatable bonds is 6. The number of halogens is 2. The Balaban J connectivity index is 2.15. The minimum Gasteiger partial charge on any atom is -0.345 e. The number of aryl methyl sites for hydroxylation is 1. The smallest absolute Gasteiger partial charge is 0.266 e. The Morgan fingerprint density at radius 3 is 2.21 bits per heavy atom. The van der Waals surface area contributed by atoms with Crippen molar-refractivity contribution in [3.8, 4) is 0 Å². The van der Waals surface area contributed by atoms with Gasteiger partial charge < -0.3 is 4.90 Å². The summed E-state index contributed by atoms with van der Waals surface area (Å²) in [6.07, 6.45) is 0.614. The molecule has 0 aliphatic carbocycles. The summed E-state index contributed by atoms with van der Waals surface area (Å²) >= 11 is 0. The fraction of sp³-hybridized carbons (Fsp3) is 0.250. The Hall–Kier alpha value is -2.49. The topological polar surface area (TPSA) is 20.3 Å². The van der Waals surface area contributed by atoms with E-state index in [0.717, 1.165) is 17.2 Å². The van der Waals surface area contributed by atoms with E-state index in [9.17, 15) is 13.6 Å². The van der Waals surface area contributed by atoms with E-state index in [1.807, 2.05) is 30.3 Å². The summed E-state index contributed by atoms with van der Waals surface area (Å²) < 4.78 is 25.6. The maximum atomic E-state index is 12.8. The summed E-state index contributed by atoms with van der Waals surface area (Å²) in [7, 11) is 3.36. The van der Waals surface area contributed by atoms with Crippen LogP contribution in [0.3, 0.4) is 0 Å². The van der Waals surface area contributed by atoms with Gasteiger partial charge in [0.2, 0.25) is 0 Å². The Morgan fingerprint density at radius 1 is 1.04 bits per heavy atom. The van der Waals surface area contributed by atoms with Crippen LogP contribution in [0.2, 0.25) is 0 Å². The number of amides is 1. The highest BCUT2D eigenvalue weighted by atomic mass is 19.3. The molecule has 0 fully saturated rings. The molecule has 0 bridgehead atoms. The van der Waals surface area contributed by atoms with Crippen LogP contribution in [0.25, 0.3) is 0 Å². The molecule has 1 unspecified atom stereocenters. The standard InChI is InChI=1S/C20H21F2NO/c1-23(2)20(24)17-12-10-16(11-13-17)18(14-19(21)22)9-8-15-6-4-3-5-7-15/h3-7,10-14,18H,8-9H2,1-2H3. The largest absolute Gasteiger partial charge is 0.345 e. The lowest BCUT2D eigenvalue weighted by Gasteiger charge is -2.15. The molecular weight excluding hydrogens is 308 g/mol. The Morgan fingerprint density at radius 2 is 1.67 bits per heavy atom. The van der Waals surface area contributed by atoms with Gasteiger partial charge in [0, 0.05) is 25.6 Å². The fourth-order valence-corrected chi connectivity index (χ4v) is 2.60. The molecule has 0 heterocycles. The minimum atomic E-state index is -1.68. The third-order valence-electron chi connectivity index (χ3n) is 3.91. The molecule has 0 aliphatic rings. The lowest BCUT2D eigenvalue weighted by atomic mass is 9.91. The van der Waals surface area contributed by atoms with Crippen LogP contribution in [0.4, 0.5) is 8.78 Å². The highest BCUT2D eigenvalue weighted by molar-refractivity contribution is 5.93. The summed E-state index contributed by atoms with van der Waals surface area (Å²) in [4.78, 5) is 13.4. The van der Waals surface area contributed by atoms with Crippen LogP contribution in [0, 0.1) is 0 Å². The molecule has 2 aromatic rings. The average Bonchev–Trinajstić information content (AvgIpc) is 2.58. The summed E-state index contributed by atoms with van der Waals surface area (Å²) in [5.41, 5.74) is 2.46. The molecule has 4 heteroatoms. The fourth-order valence-electron chi connectivity index (χ4n) is 2.60. The van der Waals surface area contributed by atoms with Gasteiger partial charge >= 0.3 is 0 Å². The van der Waals surface area contributed by atoms with Crippen molar-refractivity contribution >= 4 is 5.91 Å². The van der Waals surface area contributed by atoms with Gasteiger partial charge in [0.25, 0.3) is 12.0 Å². The van der Waals surface area contributed by atoms with E-state index >= 15 is 0 Å². The van der Waals surface area contributed by atoms with Gasteiger partial charge in [-0.05, 0) is 42.2 Å². The van der Waals surface area contributed by atoms with Crippen molar-refractivity contribution in [2.45, 2.75) is 18.8 Å². The first-order chi connectivity index (χ1) is 11.5. The number of allylic oxidation sites excluding steroid dienone is 1. The summed E-state index contributed by atoms with van der Waals surface area (Å²) in [6.45, 7) is 0. The molecule has 0 saturated heterocycles. The van der Waals surface area contributed by atoms with Crippen LogP contribution in [0.1, 0.15) is 33.8 Å². The number of hydrogen-bond donors (Lipinski definition) is 0. The first-order valence-corrected chi connectivity index (χ1v) is 7.85. The van der Waals surface area contributed by atoms with Crippen LogP contribution in [0.5, 0.6) is 0 Å². The first kappa shape index (κ1) is 17.9. The zero-order chi connectivity index (χ0) is 17.5. The number of carbonyl (C=O) groups is 1. The van der Waals surface area contributed by atoms with Crippen molar-refractivity contribution in [3.05, 3.63) is 83.4 Å². The van der Waals surface area contributed by atoms with Crippen LogP contribution in [-0.2, 0) is 6.42 Å². The van der Waals surface area contributed by atoms with Crippen LogP contribution < -0.4 is 0 Å². The number of benzene rings is 2. The monoisotopic (exact) mass is 329 g/mol. The molecule has 24 heavy (non-hydrogen) atoms. The van der Waals surface area contributed by atoms with E-state index in [2.05, 4.69) is 0 Å². The molecule has 0 N–H and O–H groups in total. The van der Waals surface area contributed by atoms with Gasteiger partial charge in [-0.15, -0.1) is 0 Å². The molecule has 126 valence electrons. The average molecular weight is 329 g/mol. The Bertz CT molecular complexity index is 689. The Kier molecular flexibility index (Phi) is 6.24. The second-order valence-corrected chi connectivity index (χ2v) is 5.91. The second-order valence-electron chi connectivity index (χ2n) is 5.91. The maximum Gasteiger partial charge on any atom is 0.266 e. The van der Waals surface area contributed by atoms with Gasteiger partial charge in [0.1, 0.15) is 0 Å². The molecule has 2 rings (SSSR count). The van der Waals surface area contributed by atoms with Gasteiger partial charge in [0.15, 0.2) is 0 Å². The molecular formula is C20H21F2NO. The second kappa shape index (κ2) is 8.39. The summed E-state index contributed by atoms with van der Waals surface area (Å²) in [5, 5.41) is 0. The van der Waals surface area contributed by atoms with Crippen molar-refractivity contribution in [3.63, 3.8) is 0 Å². The molecule has 2 aromatic carbocycles. The molecule has 2 nitrogen and oxygen atoms in total. The zero-order valence-corrected chi connectivity index (χ0v) is 13.9.